The van der Waals surface area contributed by atoms with Gasteiger partial charge in [-0.05, 0) is 19.2 Å². The number of hydrogen-bond donors (Lipinski definition) is 1. The van der Waals surface area contributed by atoms with Gasteiger partial charge in [0.1, 0.15) is 11.2 Å². The molecule has 3 fully saturated rings. The molecule has 0 spiro atoms. The largest absolute Gasteiger partial charge is 0.481 e. The minimum absolute atomic E-state index is 0.0301. The Morgan fingerprint density at radius 2 is 2.04 bits per heavy atom. The van der Waals surface area contributed by atoms with E-state index in [-0.39, 0.29) is 18.4 Å². The molecule has 1 aromatic heterocycles. The molecule has 0 aromatic carbocycles. The topological polar surface area (TPSA) is 86.2 Å². The molecule has 3 aliphatic rings. The Kier molecular flexibility index (Phi) is 4.32. The average Bonchev–Trinajstić information content (AvgIpc) is 3.16. The van der Waals surface area contributed by atoms with E-state index < -0.39 is 11.4 Å². The van der Waals surface area contributed by atoms with Gasteiger partial charge >= 0.3 is 5.97 Å². The molecule has 3 aliphatic heterocycles. The van der Waals surface area contributed by atoms with E-state index in [1.807, 2.05) is 11.9 Å². The second-order valence-corrected chi connectivity index (χ2v) is 7.51. The first-order valence-electron chi connectivity index (χ1n) is 9.00. The Morgan fingerprint density at radius 1 is 1.27 bits per heavy atom. The maximum Gasteiger partial charge on any atom is 0.313 e. The fourth-order valence-electron chi connectivity index (χ4n) is 4.54. The zero-order valence-electron chi connectivity index (χ0n) is 14.9. The smallest absolute Gasteiger partial charge is 0.313 e. The molecule has 8 nitrogen and oxygen atoms in total. The van der Waals surface area contributed by atoms with Crippen molar-refractivity contribution in [3.8, 4) is 0 Å². The summed E-state index contributed by atoms with van der Waals surface area (Å²) in [4.78, 5) is 35.4. The number of hydrogen-bond acceptors (Lipinski definition) is 6. The number of nitrogens with zero attached hydrogens (tertiary/aromatic N) is 4. The fraction of sp³-hybridized carbons (Fsp3) is 0.611. The number of anilines is 1. The van der Waals surface area contributed by atoms with Gasteiger partial charge in [0.2, 0.25) is 0 Å². The summed E-state index contributed by atoms with van der Waals surface area (Å²) < 4.78 is 5.39. The lowest BCUT2D eigenvalue weighted by molar-refractivity contribution is -0.148. The summed E-state index contributed by atoms with van der Waals surface area (Å²) in [5.74, 6) is -0.296. The quantitative estimate of drug-likeness (QED) is 0.812. The minimum Gasteiger partial charge on any atom is -0.481 e. The number of amides is 1. The van der Waals surface area contributed by atoms with E-state index in [1.165, 1.54) is 0 Å². The highest BCUT2D eigenvalue weighted by molar-refractivity contribution is 5.99. The Balaban J connectivity index is 1.59. The van der Waals surface area contributed by atoms with Gasteiger partial charge in [0, 0.05) is 51.4 Å². The maximum atomic E-state index is 13.2. The maximum absolute atomic E-state index is 13.2. The van der Waals surface area contributed by atoms with Crippen LogP contribution in [0, 0.1) is 11.3 Å². The SMILES string of the molecule is CN1C[C@H]2CN(C(=O)c3cccnc3N3CCOCC3)C[C@@]2(C(=O)O)C1. The van der Waals surface area contributed by atoms with Crippen molar-refractivity contribution in [1.29, 1.82) is 0 Å². The number of fused-ring (bicyclic) bond motifs is 1. The lowest BCUT2D eigenvalue weighted by Gasteiger charge is -2.30. The molecule has 0 radical (unpaired) electrons. The molecule has 140 valence electrons. The van der Waals surface area contributed by atoms with Crippen molar-refractivity contribution in [2.75, 3.05) is 64.4 Å². The molecule has 0 bridgehead atoms. The molecular weight excluding hydrogens is 336 g/mol. The number of ether oxygens (including phenoxy) is 1. The number of morpholine rings is 1. The first kappa shape index (κ1) is 17.2. The van der Waals surface area contributed by atoms with Crippen LogP contribution in [0.25, 0.3) is 0 Å². The van der Waals surface area contributed by atoms with Gasteiger partial charge in [-0.3, -0.25) is 9.59 Å². The predicted molar refractivity (Wildman–Crippen MR) is 94.2 cm³/mol. The highest BCUT2D eigenvalue weighted by Gasteiger charge is 2.57. The zero-order chi connectivity index (χ0) is 18.3. The lowest BCUT2D eigenvalue weighted by Crippen LogP contribution is -2.42. The van der Waals surface area contributed by atoms with Crippen molar-refractivity contribution in [1.82, 2.24) is 14.8 Å². The van der Waals surface area contributed by atoms with Crippen LogP contribution in [0.5, 0.6) is 0 Å². The van der Waals surface area contributed by atoms with E-state index in [9.17, 15) is 14.7 Å². The highest BCUT2D eigenvalue weighted by atomic mass is 16.5. The Hall–Kier alpha value is -2.19. The normalized spacial score (nSPS) is 29.0. The summed E-state index contributed by atoms with van der Waals surface area (Å²) in [6.45, 7) is 4.56. The van der Waals surface area contributed by atoms with E-state index in [1.54, 1.807) is 23.2 Å². The third-order valence-corrected chi connectivity index (χ3v) is 5.82. The Morgan fingerprint density at radius 3 is 2.73 bits per heavy atom. The predicted octanol–water partition coefficient (Wildman–Crippen LogP) is 0.00660. The third-order valence-electron chi connectivity index (χ3n) is 5.82. The number of rotatable bonds is 3. The van der Waals surface area contributed by atoms with Crippen molar-refractivity contribution in [3.63, 3.8) is 0 Å². The van der Waals surface area contributed by atoms with E-state index in [0.29, 0.717) is 57.3 Å². The first-order valence-corrected chi connectivity index (χ1v) is 9.00. The second kappa shape index (κ2) is 6.51. The number of carbonyl (C=O) groups is 2. The van der Waals surface area contributed by atoms with E-state index in [4.69, 9.17) is 4.74 Å². The molecular formula is C18H24N4O4. The summed E-state index contributed by atoms with van der Waals surface area (Å²) in [5.41, 5.74) is -0.311. The van der Waals surface area contributed by atoms with Crippen LogP contribution in [0.2, 0.25) is 0 Å². The van der Waals surface area contributed by atoms with E-state index in [2.05, 4.69) is 9.88 Å². The van der Waals surface area contributed by atoms with Gasteiger partial charge in [-0.15, -0.1) is 0 Å². The van der Waals surface area contributed by atoms with E-state index >= 15 is 0 Å². The summed E-state index contributed by atoms with van der Waals surface area (Å²) in [7, 11) is 1.94. The van der Waals surface area contributed by atoms with Gasteiger partial charge in [0.05, 0.1) is 18.8 Å². The van der Waals surface area contributed by atoms with Gasteiger partial charge in [-0.1, -0.05) is 0 Å². The fourth-order valence-corrected chi connectivity index (χ4v) is 4.54. The third kappa shape index (κ3) is 2.73. The van der Waals surface area contributed by atoms with Crippen LogP contribution in [-0.4, -0.2) is 91.3 Å². The van der Waals surface area contributed by atoms with Crippen LogP contribution < -0.4 is 4.90 Å². The highest BCUT2D eigenvalue weighted by Crippen LogP contribution is 2.43. The molecule has 1 aromatic rings. The van der Waals surface area contributed by atoms with Crippen molar-refractivity contribution in [2.45, 2.75) is 0 Å². The van der Waals surface area contributed by atoms with Gasteiger partial charge in [-0.25, -0.2) is 4.98 Å². The summed E-state index contributed by atoms with van der Waals surface area (Å²) in [5, 5.41) is 9.82. The molecule has 4 heterocycles. The molecule has 0 aliphatic carbocycles. The summed E-state index contributed by atoms with van der Waals surface area (Å²) in [6.07, 6.45) is 1.69. The second-order valence-electron chi connectivity index (χ2n) is 7.51. The minimum atomic E-state index is -0.855. The lowest BCUT2D eigenvalue weighted by atomic mass is 9.81. The monoisotopic (exact) mass is 360 g/mol. The number of carboxylic acid groups (broad SMARTS) is 1. The van der Waals surface area contributed by atoms with Crippen molar-refractivity contribution in [3.05, 3.63) is 23.9 Å². The van der Waals surface area contributed by atoms with Crippen LogP contribution in [0.1, 0.15) is 10.4 Å². The molecule has 4 rings (SSSR count). The van der Waals surface area contributed by atoms with E-state index in [0.717, 1.165) is 0 Å². The van der Waals surface area contributed by atoms with Crippen LogP contribution in [-0.2, 0) is 9.53 Å². The molecule has 0 saturated carbocycles. The summed E-state index contributed by atoms with van der Waals surface area (Å²) >= 11 is 0. The number of carbonyl (C=O) groups excluding carboxylic acids is 1. The van der Waals surface area contributed by atoms with Crippen molar-refractivity contribution in [2.24, 2.45) is 11.3 Å². The average molecular weight is 360 g/mol. The Labute approximate surface area is 152 Å². The van der Waals surface area contributed by atoms with Gasteiger partial charge in [0.15, 0.2) is 0 Å². The van der Waals surface area contributed by atoms with Crippen LogP contribution >= 0.6 is 0 Å². The summed E-state index contributed by atoms with van der Waals surface area (Å²) in [6, 6.07) is 3.54. The zero-order valence-corrected chi connectivity index (χ0v) is 14.9. The molecule has 1 N–H and O–H groups in total. The first-order chi connectivity index (χ1) is 12.5. The van der Waals surface area contributed by atoms with Gasteiger partial charge in [0.25, 0.3) is 5.91 Å². The number of carboxylic acids is 1. The van der Waals surface area contributed by atoms with Crippen LogP contribution in [0.15, 0.2) is 18.3 Å². The number of likely N-dealkylation sites (tertiary alicyclic amines) is 2. The number of aliphatic carboxylic acids is 1. The van der Waals surface area contributed by atoms with Crippen molar-refractivity contribution < 1.29 is 19.4 Å². The molecule has 1 amide bonds. The number of aromatic nitrogens is 1. The molecule has 8 heteroatoms. The van der Waals surface area contributed by atoms with Gasteiger partial charge in [-0.2, -0.15) is 0 Å². The van der Waals surface area contributed by atoms with Crippen LogP contribution in [0.3, 0.4) is 0 Å². The Bertz CT molecular complexity index is 721. The van der Waals surface area contributed by atoms with Gasteiger partial charge < -0.3 is 24.5 Å². The van der Waals surface area contributed by atoms with Crippen molar-refractivity contribution >= 4 is 17.7 Å². The molecule has 26 heavy (non-hydrogen) atoms. The van der Waals surface area contributed by atoms with Crippen LogP contribution in [0.4, 0.5) is 5.82 Å². The molecule has 3 saturated heterocycles. The molecule has 0 unspecified atom stereocenters. The molecule has 2 atom stereocenters. The standard InChI is InChI=1S/C18H24N4O4/c1-20-9-13-10-22(12-18(13,11-20)17(24)25)16(23)14-3-2-4-19-15(14)21-5-7-26-8-6-21/h2-4,13H,5-12H2,1H3,(H,24,25)/t13-,18-/m0/s1. The number of pyridine rings is 1.